The molecule has 90 valence electrons. The van der Waals surface area contributed by atoms with Crippen molar-refractivity contribution in [2.24, 2.45) is 0 Å². The summed E-state index contributed by atoms with van der Waals surface area (Å²) in [5.41, 5.74) is 2.58. The fourth-order valence-corrected chi connectivity index (χ4v) is 1.68. The summed E-state index contributed by atoms with van der Waals surface area (Å²) in [5, 5.41) is 4.25. The molecule has 2 nitrogen and oxygen atoms in total. The van der Waals surface area contributed by atoms with E-state index >= 15 is 0 Å². The van der Waals surface area contributed by atoms with Gasteiger partial charge in [0.1, 0.15) is 0 Å². The number of likely N-dealkylation sites (N-methyl/N-ethyl adjacent to an activating group) is 1. The Kier molecular flexibility index (Phi) is 5.81. The normalized spacial score (nSPS) is 11.1. The van der Waals surface area contributed by atoms with Crippen LogP contribution in [0.5, 0.6) is 0 Å². The fourth-order valence-electron chi connectivity index (χ4n) is 1.48. The van der Waals surface area contributed by atoms with Gasteiger partial charge in [0.2, 0.25) is 0 Å². The zero-order chi connectivity index (χ0) is 12.0. The number of benzene rings is 1. The Balaban J connectivity index is 2.34. The van der Waals surface area contributed by atoms with Gasteiger partial charge in [-0.1, -0.05) is 24.6 Å². The lowest BCUT2D eigenvalue weighted by Crippen LogP contribution is -2.28. The van der Waals surface area contributed by atoms with Crippen LogP contribution in [0.2, 0.25) is 5.02 Å². The van der Waals surface area contributed by atoms with E-state index in [0.717, 1.165) is 31.2 Å². The third kappa shape index (κ3) is 4.52. The van der Waals surface area contributed by atoms with Crippen molar-refractivity contribution in [1.82, 2.24) is 10.2 Å². The smallest absolute Gasteiger partial charge is 0.0409 e. The lowest BCUT2D eigenvalue weighted by atomic mass is 10.1. The highest BCUT2D eigenvalue weighted by Crippen LogP contribution is 2.14. The summed E-state index contributed by atoms with van der Waals surface area (Å²) in [6.07, 6.45) is 0. The SMILES string of the molecule is CCN(C)CCNCc1cc(Cl)ccc1C. The monoisotopic (exact) mass is 240 g/mol. The topological polar surface area (TPSA) is 15.3 Å². The van der Waals surface area contributed by atoms with E-state index in [9.17, 15) is 0 Å². The number of hydrogen-bond donors (Lipinski definition) is 1. The van der Waals surface area contributed by atoms with Crippen molar-refractivity contribution in [3.63, 3.8) is 0 Å². The van der Waals surface area contributed by atoms with Crippen LogP contribution in [0.3, 0.4) is 0 Å². The van der Waals surface area contributed by atoms with Gasteiger partial charge >= 0.3 is 0 Å². The maximum absolute atomic E-state index is 5.97. The molecule has 0 unspecified atom stereocenters. The summed E-state index contributed by atoms with van der Waals surface area (Å²) in [5.74, 6) is 0. The minimum absolute atomic E-state index is 0.813. The maximum atomic E-state index is 5.97. The molecule has 0 bridgehead atoms. The van der Waals surface area contributed by atoms with Gasteiger partial charge in [-0.15, -0.1) is 0 Å². The molecule has 1 aromatic carbocycles. The van der Waals surface area contributed by atoms with Crippen molar-refractivity contribution >= 4 is 11.6 Å². The second-order valence-corrected chi connectivity index (χ2v) is 4.58. The predicted molar refractivity (Wildman–Crippen MR) is 71.1 cm³/mol. The fraction of sp³-hybridized carbons (Fsp3) is 0.538. The summed E-state index contributed by atoms with van der Waals surface area (Å²) < 4.78 is 0. The first kappa shape index (κ1) is 13.5. The first-order valence-electron chi connectivity index (χ1n) is 5.77. The molecule has 0 aromatic heterocycles. The van der Waals surface area contributed by atoms with E-state index in [1.165, 1.54) is 11.1 Å². The Hall–Kier alpha value is -0.570. The average Bonchev–Trinajstić information content (AvgIpc) is 2.28. The van der Waals surface area contributed by atoms with Crippen LogP contribution >= 0.6 is 11.6 Å². The maximum Gasteiger partial charge on any atom is 0.0409 e. The molecule has 0 radical (unpaired) electrons. The van der Waals surface area contributed by atoms with E-state index in [-0.39, 0.29) is 0 Å². The van der Waals surface area contributed by atoms with Gasteiger partial charge in [-0.3, -0.25) is 0 Å². The van der Waals surface area contributed by atoms with Gasteiger partial charge in [-0.05, 0) is 43.8 Å². The van der Waals surface area contributed by atoms with Crippen molar-refractivity contribution in [3.8, 4) is 0 Å². The minimum Gasteiger partial charge on any atom is -0.311 e. The summed E-state index contributed by atoms with van der Waals surface area (Å²) in [6, 6.07) is 6.04. The van der Waals surface area contributed by atoms with Crippen LogP contribution in [-0.2, 0) is 6.54 Å². The number of aryl methyl sites for hydroxylation is 1. The van der Waals surface area contributed by atoms with Crippen LogP contribution in [0.4, 0.5) is 0 Å². The summed E-state index contributed by atoms with van der Waals surface area (Å²) >= 11 is 5.97. The van der Waals surface area contributed by atoms with Crippen molar-refractivity contribution in [3.05, 3.63) is 34.3 Å². The Bertz CT molecular complexity index is 326. The van der Waals surface area contributed by atoms with Crippen molar-refractivity contribution < 1.29 is 0 Å². The molecule has 1 rings (SSSR count). The van der Waals surface area contributed by atoms with E-state index in [1.54, 1.807) is 0 Å². The Labute approximate surface area is 104 Å². The Morgan fingerprint density at radius 2 is 2.12 bits per heavy atom. The predicted octanol–water partition coefficient (Wildman–Crippen LogP) is 2.69. The molecular weight excluding hydrogens is 220 g/mol. The second-order valence-electron chi connectivity index (χ2n) is 4.14. The molecule has 16 heavy (non-hydrogen) atoms. The van der Waals surface area contributed by atoms with Crippen LogP contribution in [-0.4, -0.2) is 31.6 Å². The molecule has 3 heteroatoms. The lowest BCUT2D eigenvalue weighted by Gasteiger charge is -2.14. The van der Waals surface area contributed by atoms with Gasteiger partial charge in [0.05, 0.1) is 0 Å². The summed E-state index contributed by atoms with van der Waals surface area (Å²) in [7, 11) is 2.13. The van der Waals surface area contributed by atoms with Gasteiger partial charge in [0, 0.05) is 24.7 Å². The van der Waals surface area contributed by atoms with Crippen molar-refractivity contribution in [1.29, 1.82) is 0 Å². The highest BCUT2D eigenvalue weighted by Gasteiger charge is 1.99. The lowest BCUT2D eigenvalue weighted by molar-refractivity contribution is 0.349. The van der Waals surface area contributed by atoms with Gasteiger partial charge < -0.3 is 10.2 Å². The average molecular weight is 241 g/mol. The van der Waals surface area contributed by atoms with Crippen LogP contribution in [0, 0.1) is 6.92 Å². The van der Waals surface area contributed by atoms with E-state index in [2.05, 4.69) is 37.2 Å². The zero-order valence-electron chi connectivity index (χ0n) is 10.4. The quantitative estimate of drug-likeness (QED) is 0.770. The molecule has 1 aromatic rings. The molecule has 1 N–H and O–H groups in total. The number of halogens is 1. The number of nitrogens with zero attached hydrogens (tertiary/aromatic N) is 1. The standard InChI is InChI=1S/C13H21ClN2/c1-4-16(3)8-7-15-10-12-9-13(14)6-5-11(12)2/h5-6,9,15H,4,7-8,10H2,1-3H3. The van der Waals surface area contributed by atoms with Gasteiger partial charge in [-0.25, -0.2) is 0 Å². The van der Waals surface area contributed by atoms with Crippen molar-refractivity contribution in [2.75, 3.05) is 26.7 Å². The van der Waals surface area contributed by atoms with E-state index in [4.69, 9.17) is 11.6 Å². The zero-order valence-corrected chi connectivity index (χ0v) is 11.1. The van der Waals surface area contributed by atoms with Crippen LogP contribution in [0.25, 0.3) is 0 Å². The molecule has 0 atom stereocenters. The summed E-state index contributed by atoms with van der Waals surface area (Å²) in [6.45, 7) is 8.36. The molecule has 0 saturated carbocycles. The Morgan fingerprint density at radius 1 is 1.38 bits per heavy atom. The first-order chi connectivity index (χ1) is 7.63. The molecule has 0 heterocycles. The molecule has 0 aliphatic carbocycles. The van der Waals surface area contributed by atoms with Gasteiger partial charge in [0.15, 0.2) is 0 Å². The first-order valence-corrected chi connectivity index (χ1v) is 6.15. The molecule has 0 fully saturated rings. The molecule has 0 aliphatic heterocycles. The number of nitrogens with one attached hydrogen (secondary N) is 1. The molecular formula is C13H21ClN2. The van der Waals surface area contributed by atoms with E-state index < -0.39 is 0 Å². The third-order valence-electron chi connectivity index (χ3n) is 2.84. The third-order valence-corrected chi connectivity index (χ3v) is 3.07. The van der Waals surface area contributed by atoms with E-state index in [1.807, 2.05) is 12.1 Å². The van der Waals surface area contributed by atoms with Crippen LogP contribution < -0.4 is 5.32 Å². The minimum atomic E-state index is 0.813. The molecule has 0 spiro atoms. The molecule has 0 amide bonds. The Morgan fingerprint density at radius 3 is 2.81 bits per heavy atom. The van der Waals surface area contributed by atoms with Gasteiger partial charge in [-0.2, -0.15) is 0 Å². The van der Waals surface area contributed by atoms with Crippen LogP contribution in [0.1, 0.15) is 18.1 Å². The van der Waals surface area contributed by atoms with E-state index in [0.29, 0.717) is 0 Å². The second kappa shape index (κ2) is 6.89. The highest BCUT2D eigenvalue weighted by molar-refractivity contribution is 6.30. The largest absolute Gasteiger partial charge is 0.311 e. The number of rotatable bonds is 6. The highest BCUT2D eigenvalue weighted by atomic mass is 35.5. The van der Waals surface area contributed by atoms with Crippen molar-refractivity contribution in [2.45, 2.75) is 20.4 Å². The molecule has 0 saturated heterocycles. The van der Waals surface area contributed by atoms with Gasteiger partial charge in [0.25, 0.3) is 0 Å². The molecule has 0 aliphatic rings. The number of hydrogen-bond acceptors (Lipinski definition) is 2. The summed E-state index contributed by atoms with van der Waals surface area (Å²) in [4.78, 5) is 2.29. The van der Waals surface area contributed by atoms with Crippen LogP contribution in [0.15, 0.2) is 18.2 Å².